The second kappa shape index (κ2) is 17.1. The Hall–Kier alpha value is -4.48. The van der Waals surface area contributed by atoms with Crippen LogP contribution >= 0.6 is 0 Å². The van der Waals surface area contributed by atoms with Crippen LogP contribution in [-0.4, -0.2) is 88.4 Å². The summed E-state index contributed by atoms with van der Waals surface area (Å²) >= 11 is 0. The molecule has 214 valence electrons. The van der Waals surface area contributed by atoms with Gasteiger partial charge in [-0.05, 0) is 25.7 Å². The number of nitrogens with one attached hydrogen (secondary N) is 3. The van der Waals surface area contributed by atoms with Crippen molar-refractivity contribution in [1.29, 1.82) is 0 Å². The molecule has 15 N–H and O–H groups in total. The van der Waals surface area contributed by atoms with Crippen LogP contribution in [0.1, 0.15) is 44.9 Å². The van der Waals surface area contributed by atoms with Gasteiger partial charge in [-0.3, -0.25) is 33.8 Å². The first kappa shape index (κ1) is 33.5. The number of carboxylic acids is 2. The summed E-state index contributed by atoms with van der Waals surface area (Å²) in [4.78, 5) is 86.5. The second-order valence-electron chi connectivity index (χ2n) is 8.18. The molecule has 0 aliphatic heterocycles. The fourth-order valence-electron chi connectivity index (χ4n) is 2.99. The maximum absolute atomic E-state index is 12.9. The zero-order valence-electron chi connectivity index (χ0n) is 20.6. The van der Waals surface area contributed by atoms with Gasteiger partial charge in [0, 0.05) is 19.4 Å². The Morgan fingerprint density at radius 3 is 1.63 bits per heavy atom. The van der Waals surface area contributed by atoms with Gasteiger partial charge in [0.05, 0.1) is 12.5 Å². The van der Waals surface area contributed by atoms with Gasteiger partial charge in [0.25, 0.3) is 0 Å². The van der Waals surface area contributed by atoms with E-state index >= 15 is 0 Å². The molecule has 0 fully saturated rings. The Bertz CT molecular complexity index is 922. The molecular formula is C20H35N9O9. The molecule has 0 bridgehead atoms. The van der Waals surface area contributed by atoms with Crippen LogP contribution in [0.5, 0.6) is 0 Å². The Balaban J connectivity index is 5.63. The van der Waals surface area contributed by atoms with E-state index in [1.807, 2.05) is 0 Å². The molecule has 0 aromatic rings. The third-order valence-electron chi connectivity index (χ3n) is 4.91. The summed E-state index contributed by atoms with van der Waals surface area (Å²) < 4.78 is 0. The van der Waals surface area contributed by atoms with Crippen molar-refractivity contribution in [2.24, 2.45) is 33.7 Å². The fraction of sp³-hybridized carbons (Fsp3) is 0.600. The molecule has 0 rings (SSSR count). The molecule has 5 amide bonds. The average molecular weight is 546 g/mol. The van der Waals surface area contributed by atoms with E-state index in [1.54, 1.807) is 0 Å². The summed E-state index contributed by atoms with van der Waals surface area (Å²) in [5.74, 6) is -7.61. The Morgan fingerprint density at radius 1 is 0.684 bits per heavy atom. The van der Waals surface area contributed by atoms with E-state index in [2.05, 4.69) is 20.9 Å². The number of amides is 5. The molecule has 18 nitrogen and oxygen atoms in total. The van der Waals surface area contributed by atoms with E-state index in [1.165, 1.54) is 0 Å². The van der Waals surface area contributed by atoms with Gasteiger partial charge >= 0.3 is 11.9 Å². The summed E-state index contributed by atoms with van der Waals surface area (Å²) in [7, 11) is 0. The van der Waals surface area contributed by atoms with E-state index in [-0.39, 0.29) is 38.2 Å². The normalized spacial score (nSPS) is 13.6. The number of carbonyl (C=O) groups is 7. The zero-order chi connectivity index (χ0) is 29.4. The van der Waals surface area contributed by atoms with Crippen LogP contribution in [0.3, 0.4) is 0 Å². The monoisotopic (exact) mass is 545 g/mol. The predicted octanol–water partition coefficient (Wildman–Crippen LogP) is -5.09. The lowest BCUT2D eigenvalue weighted by molar-refractivity contribution is -0.143. The number of carbonyl (C=O) groups excluding carboxylic acids is 5. The minimum absolute atomic E-state index is 0.0836. The third-order valence-corrected chi connectivity index (χ3v) is 4.91. The van der Waals surface area contributed by atoms with E-state index in [0.717, 1.165) is 0 Å². The van der Waals surface area contributed by atoms with Gasteiger partial charge < -0.3 is 54.8 Å². The number of hydrogen-bond acceptors (Lipinski definition) is 9. The molecule has 0 spiro atoms. The van der Waals surface area contributed by atoms with Crippen LogP contribution < -0.4 is 44.6 Å². The number of aliphatic carboxylic acids is 2. The first-order chi connectivity index (χ1) is 17.6. The predicted molar refractivity (Wildman–Crippen MR) is 130 cm³/mol. The maximum atomic E-state index is 12.9. The molecule has 0 aliphatic rings. The largest absolute Gasteiger partial charge is 0.481 e. The lowest BCUT2D eigenvalue weighted by atomic mass is 10.1. The first-order valence-electron chi connectivity index (χ1n) is 11.4. The third kappa shape index (κ3) is 14.8. The standard InChI is InChI=1S/C20H35N9O9/c21-9(8-14(23)31)16(34)27-10(3-5-13(22)30)17(35)28-11(4-6-15(32)33)18(36)29-12(19(37)38)2-1-7-26-20(24)25/h9-12H,1-8,21H2,(H2,22,30)(H2,23,31)(H,27,34)(H,28,35)(H,29,36)(H,32,33)(H,37,38)(H4,24,25,26). The number of hydrogen-bond donors (Lipinski definition) is 10. The van der Waals surface area contributed by atoms with Crippen LogP contribution in [0.15, 0.2) is 4.99 Å². The van der Waals surface area contributed by atoms with Crippen molar-refractivity contribution in [3.05, 3.63) is 0 Å². The van der Waals surface area contributed by atoms with E-state index in [4.69, 9.17) is 33.8 Å². The van der Waals surface area contributed by atoms with Gasteiger partial charge in [-0.2, -0.15) is 0 Å². The molecule has 18 heteroatoms. The fourth-order valence-corrected chi connectivity index (χ4v) is 2.99. The molecule has 4 atom stereocenters. The van der Waals surface area contributed by atoms with Crippen molar-refractivity contribution in [2.45, 2.75) is 69.1 Å². The molecule has 0 aliphatic carbocycles. The molecule has 0 saturated heterocycles. The summed E-state index contributed by atoms with van der Waals surface area (Å²) in [6, 6.07) is -5.84. The topological polar surface area (TPSA) is 338 Å². The number of carboxylic acid groups (broad SMARTS) is 2. The van der Waals surface area contributed by atoms with Crippen LogP contribution in [0, 0.1) is 0 Å². The van der Waals surface area contributed by atoms with Crippen LogP contribution in [-0.2, 0) is 33.6 Å². The average Bonchev–Trinajstić information content (AvgIpc) is 2.79. The molecule has 0 aromatic carbocycles. The maximum Gasteiger partial charge on any atom is 0.326 e. The SMILES string of the molecule is NC(=O)CCC(NC(=O)C(N)CC(N)=O)C(=O)NC(CCC(=O)O)C(=O)NC(CCCN=C(N)N)C(=O)O. The van der Waals surface area contributed by atoms with Crippen molar-refractivity contribution in [2.75, 3.05) is 6.54 Å². The van der Waals surface area contributed by atoms with Crippen LogP contribution in [0.25, 0.3) is 0 Å². The minimum Gasteiger partial charge on any atom is -0.481 e. The highest BCUT2D eigenvalue weighted by Crippen LogP contribution is 2.06. The highest BCUT2D eigenvalue weighted by molar-refractivity contribution is 5.95. The molecule has 0 saturated carbocycles. The van der Waals surface area contributed by atoms with Crippen molar-refractivity contribution in [3.63, 3.8) is 0 Å². The van der Waals surface area contributed by atoms with E-state index < -0.39 is 84.9 Å². The van der Waals surface area contributed by atoms with Gasteiger partial charge in [0.2, 0.25) is 29.5 Å². The summed E-state index contributed by atoms with van der Waals surface area (Å²) in [5, 5.41) is 25.1. The molecule has 38 heavy (non-hydrogen) atoms. The Labute approximate surface area is 217 Å². The highest BCUT2D eigenvalue weighted by atomic mass is 16.4. The molecule has 0 aromatic heterocycles. The number of nitrogens with zero attached hydrogens (tertiary/aromatic N) is 1. The van der Waals surface area contributed by atoms with Crippen molar-refractivity contribution in [3.8, 4) is 0 Å². The smallest absolute Gasteiger partial charge is 0.326 e. The number of nitrogens with two attached hydrogens (primary N) is 5. The number of primary amides is 2. The van der Waals surface area contributed by atoms with E-state index in [0.29, 0.717) is 0 Å². The summed E-state index contributed by atoms with van der Waals surface area (Å²) in [5.41, 5.74) is 26.1. The van der Waals surface area contributed by atoms with Crippen molar-refractivity contribution in [1.82, 2.24) is 16.0 Å². The Morgan fingerprint density at radius 2 is 1.18 bits per heavy atom. The first-order valence-corrected chi connectivity index (χ1v) is 11.4. The van der Waals surface area contributed by atoms with Crippen LogP contribution in [0.4, 0.5) is 0 Å². The van der Waals surface area contributed by atoms with Gasteiger partial charge in [-0.15, -0.1) is 0 Å². The summed E-state index contributed by atoms with van der Waals surface area (Å²) in [6.07, 6.45) is -2.18. The quantitative estimate of drug-likeness (QED) is 0.0414. The molecule has 0 heterocycles. The molecular weight excluding hydrogens is 510 g/mol. The van der Waals surface area contributed by atoms with Crippen molar-refractivity contribution < 1.29 is 43.8 Å². The number of guanidine groups is 1. The van der Waals surface area contributed by atoms with Gasteiger partial charge in [-0.1, -0.05) is 0 Å². The molecule has 4 unspecified atom stereocenters. The minimum atomic E-state index is -1.54. The number of aliphatic imine (C=N–C) groups is 1. The highest BCUT2D eigenvalue weighted by Gasteiger charge is 2.31. The number of rotatable bonds is 19. The lowest BCUT2D eigenvalue weighted by Gasteiger charge is -2.25. The molecule has 0 radical (unpaired) electrons. The zero-order valence-corrected chi connectivity index (χ0v) is 20.6. The van der Waals surface area contributed by atoms with E-state index in [9.17, 15) is 38.7 Å². The lowest BCUT2D eigenvalue weighted by Crippen LogP contribution is -2.57. The van der Waals surface area contributed by atoms with Gasteiger partial charge in [0.15, 0.2) is 5.96 Å². The van der Waals surface area contributed by atoms with Gasteiger partial charge in [-0.25, -0.2) is 4.79 Å². The summed E-state index contributed by atoms with van der Waals surface area (Å²) in [6.45, 7) is 0.0836. The second-order valence-corrected chi connectivity index (χ2v) is 8.18. The van der Waals surface area contributed by atoms with Crippen LogP contribution in [0.2, 0.25) is 0 Å². The van der Waals surface area contributed by atoms with Gasteiger partial charge in [0.1, 0.15) is 18.1 Å². The Kier molecular flexibility index (Phi) is 15.0. The van der Waals surface area contributed by atoms with Crippen molar-refractivity contribution >= 4 is 47.4 Å².